The Kier molecular flexibility index (Phi) is 5.17. The average molecular weight is 339 g/mol. The van der Waals surface area contributed by atoms with Gasteiger partial charge in [-0.2, -0.15) is 0 Å². The van der Waals surface area contributed by atoms with Gasteiger partial charge in [0.1, 0.15) is 0 Å². The highest BCUT2D eigenvalue weighted by atomic mass is 79.9. The Bertz CT molecular complexity index is 498. The van der Waals surface area contributed by atoms with Gasteiger partial charge in [0.25, 0.3) is 0 Å². The number of para-hydroxylation sites is 1. The Morgan fingerprint density at radius 2 is 1.95 bits per heavy atom. The van der Waals surface area contributed by atoms with E-state index in [1.54, 1.807) is 7.05 Å². The largest absolute Gasteiger partial charge is 0.336 e. The van der Waals surface area contributed by atoms with Crippen LogP contribution in [0.3, 0.4) is 0 Å². The highest BCUT2D eigenvalue weighted by molar-refractivity contribution is 9.10. The van der Waals surface area contributed by atoms with Crippen LogP contribution in [0.15, 0.2) is 28.7 Å². The monoisotopic (exact) mass is 338 g/mol. The second-order valence-electron chi connectivity index (χ2n) is 5.20. The zero-order chi connectivity index (χ0) is 14.5. The molecule has 0 heterocycles. The van der Waals surface area contributed by atoms with Crippen LogP contribution in [0.2, 0.25) is 0 Å². The molecule has 1 aliphatic carbocycles. The number of carbonyl (C=O) groups excluding carboxylic acids is 2. The van der Waals surface area contributed by atoms with E-state index in [1.165, 1.54) is 4.90 Å². The summed E-state index contributed by atoms with van der Waals surface area (Å²) in [6.07, 6.45) is 4.14. The van der Waals surface area contributed by atoms with Gasteiger partial charge < -0.3 is 10.2 Å². The molecule has 0 bridgehead atoms. The molecule has 4 nitrogen and oxygen atoms in total. The fourth-order valence-electron chi connectivity index (χ4n) is 2.53. The van der Waals surface area contributed by atoms with Crippen molar-refractivity contribution in [2.45, 2.75) is 25.7 Å². The lowest BCUT2D eigenvalue weighted by molar-refractivity contribution is -0.136. The highest BCUT2D eigenvalue weighted by Crippen LogP contribution is 2.26. The number of anilines is 1. The molecule has 0 aliphatic heterocycles. The number of nitrogens with zero attached hydrogens (tertiary/aromatic N) is 1. The van der Waals surface area contributed by atoms with Gasteiger partial charge in [0.2, 0.25) is 11.8 Å². The van der Waals surface area contributed by atoms with Crippen molar-refractivity contribution in [2.24, 2.45) is 5.92 Å². The minimum Gasteiger partial charge on any atom is -0.336 e. The van der Waals surface area contributed by atoms with Crippen LogP contribution in [0.25, 0.3) is 0 Å². The van der Waals surface area contributed by atoms with E-state index in [-0.39, 0.29) is 24.3 Å². The minimum absolute atomic E-state index is 0.0878. The molecule has 0 saturated heterocycles. The number of hydrogen-bond acceptors (Lipinski definition) is 2. The second-order valence-corrected chi connectivity index (χ2v) is 6.06. The first-order chi connectivity index (χ1) is 9.58. The molecular formula is C15H19BrN2O2. The molecule has 2 rings (SSSR count). The van der Waals surface area contributed by atoms with Crippen LogP contribution < -0.4 is 5.32 Å². The maximum atomic E-state index is 12.1. The molecule has 1 aliphatic rings. The van der Waals surface area contributed by atoms with Gasteiger partial charge in [0.05, 0.1) is 12.2 Å². The molecule has 5 heteroatoms. The Balaban J connectivity index is 1.87. The van der Waals surface area contributed by atoms with Crippen molar-refractivity contribution >= 4 is 33.4 Å². The Morgan fingerprint density at radius 3 is 2.60 bits per heavy atom. The molecule has 0 spiro atoms. The summed E-state index contributed by atoms with van der Waals surface area (Å²) >= 11 is 3.38. The van der Waals surface area contributed by atoms with Gasteiger partial charge in [-0.05, 0) is 40.9 Å². The van der Waals surface area contributed by atoms with Crippen molar-refractivity contribution in [2.75, 3.05) is 18.9 Å². The first-order valence-electron chi connectivity index (χ1n) is 6.87. The summed E-state index contributed by atoms with van der Waals surface area (Å²) in [5.74, 6) is 0.0202. The maximum absolute atomic E-state index is 12.1. The molecule has 0 unspecified atom stereocenters. The van der Waals surface area contributed by atoms with Gasteiger partial charge in [-0.3, -0.25) is 9.59 Å². The van der Waals surface area contributed by atoms with Gasteiger partial charge in [-0.15, -0.1) is 0 Å². The van der Waals surface area contributed by atoms with Crippen LogP contribution in [0, 0.1) is 5.92 Å². The van der Waals surface area contributed by atoms with Crippen molar-refractivity contribution < 1.29 is 9.59 Å². The number of rotatable bonds is 4. The lowest BCUT2D eigenvalue weighted by atomic mass is 10.1. The van der Waals surface area contributed by atoms with E-state index in [0.717, 1.165) is 35.8 Å². The molecule has 108 valence electrons. The standard InChI is InChI=1S/C15H19BrN2O2/c1-18(15(20)11-6-2-3-7-11)10-14(19)17-13-9-5-4-8-12(13)16/h4-5,8-9,11H,2-3,6-7,10H2,1H3,(H,17,19). The molecule has 20 heavy (non-hydrogen) atoms. The number of hydrogen-bond donors (Lipinski definition) is 1. The fraction of sp³-hybridized carbons (Fsp3) is 0.467. The summed E-state index contributed by atoms with van der Waals surface area (Å²) in [6, 6.07) is 7.42. The van der Waals surface area contributed by atoms with Gasteiger partial charge in [0, 0.05) is 17.4 Å². The summed E-state index contributed by atoms with van der Waals surface area (Å²) in [4.78, 5) is 25.6. The smallest absolute Gasteiger partial charge is 0.244 e. The van der Waals surface area contributed by atoms with Crippen molar-refractivity contribution in [1.29, 1.82) is 0 Å². The van der Waals surface area contributed by atoms with Crippen molar-refractivity contribution in [3.05, 3.63) is 28.7 Å². The zero-order valence-electron chi connectivity index (χ0n) is 11.6. The Hall–Kier alpha value is -1.36. The quantitative estimate of drug-likeness (QED) is 0.917. The number of nitrogens with one attached hydrogen (secondary N) is 1. The number of halogens is 1. The Morgan fingerprint density at radius 1 is 1.30 bits per heavy atom. The van der Waals surface area contributed by atoms with Gasteiger partial charge in [-0.25, -0.2) is 0 Å². The fourth-order valence-corrected chi connectivity index (χ4v) is 2.91. The summed E-state index contributed by atoms with van der Waals surface area (Å²) in [6.45, 7) is 0.0939. The topological polar surface area (TPSA) is 49.4 Å². The second kappa shape index (κ2) is 6.88. The van der Waals surface area contributed by atoms with Crippen molar-refractivity contribution in [1.82, 2.24) is 4.90 Å². The highest BCUT2D eigenvalue weighted by Gasteiger charge is 2.26. The molecule has 0 atom stereocenters. The van der Waals surface area contributed by atoms with E-state index in [0.29, 0.717) is 0 Å². The van der Waals surface area contributed by atoms with Gasteiger partial charge in [-0.1, -0.05) is 25.0 Å². The summed E-state index contributed by atoms with van der Waals surface area (Å²) in [7, 11) is 1.69. The van der Waals surface area contributed by atoms with Gasteiger partial charge in [0.15, 0.2) is 0 Å². The molecule has 1 N–H and O–H groups in total. The van der Waals surface area contributed by atoms with E-state index in [1.807, 2.05) is 24.3 Å². The minimum atomic E-state index is -0.175. The normalized spacial score (nSPS) is 15.1. The number of carbonyl (C=O) groups is 2. The third-order valence-electron chi connectivity index (χ3n) is 3.61. The molecule has 0 aromatic heterocycles. The van der Waals surface area contributed by atoms with E-state index in [4.69, 9.17) is 0 Å². The van der Waals surface area contributed by atoms with Crippen LogP contribution >= 0.6 is 15.9 Å². The molecule has 1 aromatic carbocycles. The SMILES string of the molecule is CN(CC(=O)Nc1ccccc1Br)C(=O)C1CCCC1. The van der Waals surface area contributed by atoms with Crippen LogP contribution in [0.1, 0.15) is 25.7 Å². The molecular weight excluding hydrogens is 320 g/mol. The molecule has 2 amide bonds. The van der Waals surface area contributed by atoms with Crippen LogP contribution in [-0.2, 0) is 9.59 Å². The van der Waals surface area contributed by atoms with Crippen LogP contribution in [0.4, 0.5) is 5.69 Å². The molecule has 1 saturated carbocycles. The number of likely N-dealkylation sites (N-methyl/N-ethyl adjacent to an activating group) is 1. The summed E-state index contributed by atoms with van der Waals surface area (Å²) < 4.78 is 0.832. The zero-order valence-corrected chi connectivity index (χ0v) is 13.1. The first-order valence-corrected chi connectivity index (χ1v) is 7.66. The number of benzene rings is 1. The van der Waals surface area contributed by atoms with E-state index >= 15 is 0 Å². The van der Waals surface area contributed by atoms with Crippen molar-refractivity contribution in [3.8, 4) is 0 Å². The van der Waals surface area contributed by atoms with E-state index < -0.39 is 0 Å². The van der Waals surface area contributed by atoms with Gasteiger partial charge >= 0.3 is 0 Å². The lowest BCUT2D eigenvalue weighted by Crippen LogP contribution is -2.38. The third-order valence-corrected chi connectivity index (χ3v) is 4.30. The van der Waals surface area contributed by atoms with E-state index in [9.17, 15) is 9.59 Å². The third kappa shape index (κ3) is 3.82. The Labute approximate surface area is 127 Å². The predicted molar refractivity (Wildman–Crippen MR) is 82.4 cm³/mol. The molecule has 1 fully saturated rings. The van der Waals surface area contributed by atoms with Crippen LogP contribution in [-0.4, -0.2) is 30.3 Å². The van der Waals surface area contributed by atoms with Crippen molar-refractivity contribution in [3.63, 3.8) is 0 Å². The number of amides is 2. The maximum Gasteiger partial charge on any atom is 0.244 e. The van der Waals surface area contributed by atoms with Crippen LogP contribution in [0.5, 0.6) is 0 Å². The summed E-state index contributed by atoms with van der Waals surface area (Å²) in [5.41, 5.74) is 0.721. The summed E-state index contributed by atoms with van der Waals surface area (Å²) in [5, 5.41) is 2.81. The van der Waals surface area contributed by atoms with E-state index in [2.05, 4.69) is 21.2 Å². The molecule has 0 radical (unpaired) electrons. The predicted octanol–water partition coefficient (Wildman–Crippen LogP) is 3.04. The average Bonchev–Trinajstić information content (AvgIpc) is 2.94. The molecule has 1 aromatic rings. The first kappa shape index (κ1) is 15.0. The lowest BCUT2D eigenvalue weighted by Gasteiger charge is -2.20.